The molecule has 0 saturated heterocycles. The number of carbonyl (C=O) groups excluding carboxylic acids is 2. The van der Waals surface area contributed by atoms with Crippen molar-refractivity contribution in [1.82, 2.24) is 10.3 Å². The molecule has 3 rings (SSSR count). The van der Waals surface area contributed by atoms with Crippen LogP contribution < -0.4 is 11.1 Å². The van der Waals surface area contributed by atoms with Crippen molar-refractivity contribution in [1.29, 1.82) is 0 Å². The molecule has 5 heteroatoms. The van der Waals surface area contributed by atoms with Crippen LogP contribution in [0.5, 0.6) is 0 Å². The van der Waals surface area contributed by atoms with Gasteiger partial charge >= 0.3 is 0 Å². The van der Waals surface area contributed by atoms with E-state index in [1.165, 1.54) is 5.56 Å². The first-order valence-corrected chi connectivity index (χ1v) is 9.29. The van der Waals surface area contributed by atoms with Gasteiger partial charge in [0.15, 0.2) is 0 Å². The lowest BCUT2D eigenvalue weighted by molar-refractivity contribution is -0.119. The molecule has 2 aromatic carbocycles. The van der Waals surface area contributed by atoms with E-state index in [1.54, 1.807) is 18.3 Å². The summed E-state index contributed by atoms with van der Waals surface area (Å²) in [4.78, 5) is 29.0. The lowest BCUT2D eigenvalue weighted by Crippen LogP contribution is -2.45. The van der Waals surface area contributed by atoms with Gasteiger partial charge in [-0.25, -0.2) is 0 Å². The Bertz CT molecular complexity index is 999. The van der Waals surface area contributed by atoms with E-state index in [9.17, 15) is 9.59 Å². The van der Waals surface area contributed by atoms with Gasteiger partial charge in [-0.3, -0.25) is 14.6 Å². The van der Waals surface area contributed by atoms with E-state index < -0.39 is 11.9 Å². The van der Waals surface area contributed by atoms with Crippen LogP contribution in [0.15, 0.2) is 60.8 Å². The normalized spacial score (nSPS) is 12.5. The second kappa shape index (κ2) is 7.80. The van der Waals surface area contributed by atoms with Crippen molar-refractivity contribution in [3.63, 3.8) is 0 Å². The molecule has 5 nitrogen and oxygen atoms in total. The monoisotopic (exact) mass is 375 g/mol. The van der Waals surface area contributed by atoms with E-state index in [-0.39, 0.29) is 11.3 Å². The molecule has 3 N–H and O–H groups in total. The molecule has 0 fully saturated rings. The Morgan fingerprint density at radius 3 is 2.36 bits per heavy atom. The summed E-state index contributed by atoms with van der Waals surface area (Å²) < 4.78 is 0. The van der Waals surface area contributed by atoms with Crippen LogP contribution in [0.2, 0.25) is 0 Å². The van der Waals surface area contributed by atoms with E-state index in [2.05, 4.69) is 31.1 Å². The molecular weight excluding hydrogens is 350 g/mol. The van der Waals surface area contributed by atoms with E-state index in [4.69, 9.17) is 5.73 Å². The standard InChI is InChI=1S/C23H25N3O2/c1-23(2,3)17-11-9-15(10-12-17)14-19(21(24)27)26-22(28)18-8-4-6-16-7-5-13-25-20(16)18/h4-13,19H,14H2,1-3H3,(H2,24,27)(H,26,28)/t19-/m0/s1. The van der Waals surface area contributed by atoms with Crippen molar-refractivity contribution < 1.29 is 9.59 Å². The third-order valence-corrected chi connectivity index (χ3v) is 4.79. The van der Waals surface area contributed by atoms with Crippen molar-refractivity contribution in [3.8, 4) is 0 Å². The van der Waals surface area contributed by atoms with E-state index in [0.29, 0.717) is 17.5 Å². The number of benzene rings is 2. The van der Waals surface area contributed by atoms with Crippen molar-refractivity contribution in [2.75, 3.05) is 0 Å². The molecule has 3 aromatic rings. The number of nitrogens with two attached hydrogens (primary N) is 1. The summed E-state index contributed by atoms with van der Waals surface area (Å²) in [6.45, 7) is 6.44. The molecule has 0 spiro atoms. The summed E-state index contributed by atoms with van der Waals surface area (Å²) in [5.41, 5.74) is 8.77. The molecule has 0 aliphatic rings. The van der Waals surface area contributed by atoms with Gasteiger partial charge in [-0.15, -0.1) is 0 Å². The van der Waals surface area contributed by atoms with Gasteiger partial charge in [0.25, 0.3) is 5.91 Å². The minimum absolute atomic E-state index is 0.0528. The van der Waals surface area contributed by atoms with Crippen LogP contribution in [-0.4, -0.2) is 22.8 Å². The Morgan fingerprint density at radius 2 is 1.71 bits per heavy atom. The maximum Gasteiger partial charge on any atom is 0.254 e. The topological polar surface area (TPSA) is 85.1 Å². The highest BCUT2D eigenvalue weighted by molar-refractivity contribution is 6.06. The Labute approximate surface area is 165 Å². The molecule has 0 radical (unpaired) electrons. The fourth-order valence-corrected chi connectivity index (χ4v) is 3.12. The van der Waals surface area contributed by atoms with Crippen molar-refractivity contribution in [3.05, 3.63) is 77.5 Å². The molecule has 0 aliphatic carbocycles. The number of pyridine rings is 1. The molecular formula is C23H25N3O2. The molecule has 0 saturated carbocycles. The zero-order valence-corrected chi connectivity index (χ0v) is 16.4. The lowest BCUT2D eigenvalue weighted by Gasteiger charge is -2.20. The predicted molar refractivity (Wildman–Crippen MR) is 111 cm³/mol. The quantitative estimate of drug-likeness (QED) is 0.717. The fraction of sp³-hybridized carbons (Fsp3) is 0.261. The van der Waals surface area contributed by atoms with Crippen molar-refractivity contribution >= 4 is 22.7 Å². The molecule has 2 amide bonds. The predicted octanol–water partition coefficient (Wildman–Crippen LogP) is 3.36. The first-order chi connectivity index (χ1) is 13.3. The number of amides is 2. The van der Waals surface area contributed by atoms with Gasteiger partial charge in [-0.05, 0) is 28.7 Å². The summed E-state index contributed by atoms with van der Waals surface area (Å²) in [6.07, 6.45) is 1.98. The second-order valence-electron chi connectivity index (χ2n) is 7.96. The highest BCUT2D eigenvalue weighted by Crippen LogP contribution is 2.22. The van der Waals surface area contributed by atoms with Crippen LogP contribution in [0.1, 0.15) is 42.3 Å². The smallest absolute Gasteiger partial charge is 0.254 e. The van der Waals surface area contributed by atoms with E-state index in [1.807, 2.05) is 42.5 Å². The number of carbonyl (C=O) groups is 2. The number of nitrogens with one attached hydrogen (secondary N) is 1. The molecule has 1 heterocycles. The molecule has 1 atom stereocenters. The third kappa shape index (κ3) is 4.36. The average Bonchev–Trinajstić information content (AvgIpc) is 2.66. The van der Waals surface area contributed by atoms with Crippen LogP contribution >= 0.6 is 0 Å². The number of nitrogens with zero attached hydrogens (tertiary/aromatic N) is 1. The van der Waals surface area contributed by atoms with E-state index >= 15 is 0 Å². The molecule has 0 unspecified atom stereocenters. The van der Waals surface area contributed by atoms with Gasteiger partial charge in [0.1, 0.15) is 6.04 Å². The molecule has 1 aromatic heterocycles. The SMILES string of the molecule is CC(C)(C)c1ccc(C[C@H](NC(=O)c2cccc3cccnc23)C(N)=O)cc1. The Balaban J connectivity index is 1.79. The van der Waals surface area contributed by atoms with Crippen LogP contribution in [0, 0.1) is 0 Å². The van der Waals surface area contributed by atoms with Gasteiger partial charge in [-0.1, -0.05) is 63.2 Å². The first kappa shape index (κ1) is 19.5. The van der Waals surface area contributed by atoms with E-state index in [0.717, 1.165) is 10.9 Å². The molecule has 0 bridgehead atoms. The minimum atomic E-state index is -0.799. The van der Waals surface area contributed by atoms with Crippen molar-refractivity contribution in [2.45, 2.75) is 38.6 Å². The number of primary amides is 1. The zero-order valence-electron chi connectivity index (χ0n) is 16.4. The maximum absolute atomic E-state index is 12.8. The third-order valence-electron chi connectivity index (χ3n) is 4.79. The average molecular weight is 375 g/mol. The Kier molecular flexibility index (Phi) is 5.45. The van der Waals surface area contributed by atoms with Gasteiger partial charge in [0.2, 0.25) is 5.91 Å². The number of hydrogen-bond donors (Lipinski definition) is 2. The summed E-state index contributed by atoms with van der Waals surface area (Å²) in [7, 11) is 0. The summed E-state index contributed by atoms with van der Waals surface area (Å²) in [5, 5.41) is 3.63. The maximum atomic E-state index is 12.8. The summed E-state index contributed by atoms with van der Waals surface area (Å²) in [6, 6.07) is 16.3. The Morgan fingerprint density at radius 1 is 1.04 bits per heavy atom. The summed E-state index contributed by atoms with van der Waals surface area (Å²) in [5.74, 6) is -0.930. The van der Waals surface area contributed by atoms with Crippen LogP contribution in [0.25, 0.3) is 10.9 Å². The first-order valence-electron chi connectivity index (χ1n) is 9.29. The van der Waals surface area contributed by atoms with Gasteiger partial charge in [-0.2, -0.15) is 0 Å². The lowest BCUT2D eigenvalue weighted by atomic mass is 9.86. The molecule has 144 valence electrons. The molecule has 28 heavy (non-hydrogen) atoms. The van der Waals surface area contributed by atoms with Crippen LogP contribution in [-0.2, 0) is 16.6 Å². The fourth-order valence-electron chi connectivity index (χ4n) is 3.12. The van der Waals surface area contributed by atoms with Crippen LogP contribution in [0.3, 0.4) is 0 Å². The minimum Gasteiger partial charge on any atom is -0.368 e. The van der Waals surface area contributed by atoms with Crippen molar-refractivity contribution in [2.24, 2.45) is 5.73 Å². The number of hydrogen-bond acceptors (Lipinski definition) is 3. The number of aromatic nitrogens is 1. The van der Waals surface area contributed by atoms with Gasteiger partial charge in [0.05, 0.1) is 11.1 Å². The largest absolute Gasteiger partial charge is 0.368 e. The summed E-state index contributed by atoms with van der Waals surface area (Å²) >= 11 is 0. The van der Waals surface area contributed by atoms with Gasteiger partial charge in [0, 0.05) is 18.0 Å². The number of fused-ring (bicyclic) bond motifs is 1. The second-order valence-corrected chi connectivity index (χ2v) is 7.96. The van der Waals surface area contributed by atoms with Crippen LogP contribution in [0.4, 0.5) is 0 Å². The zero-order chi connectivity index (χ0) is 20.3. The highest BCUT2D eigenvalue weighted by Gasteiger charge is 2.21. The number of rotatable bonds is 5. The molecule has 0 aliphatic heterocycles. The highest BCUT2D eigenvalue weighted by atomic mass is 16.2. The number of para-hydroxylation sites is 1. The Hall–Kier alpha value is -3.21. The van der Waals surface area contributed by atoms with Gasteiger partial charge < -0.3 is 11.1 Å².